The SMILES string of the molecule is Cc1ccc(S(=O)(=O)OCCO[C@H]2CC[C@H]3[C@@H]4CC[C@H]5C[C@@H](O[Si](C)(C)C(C)(C)C)CC[C@]5(C)[C@H]4CC[C@]23C)cc1. The van der Waals surface area contributed by atoms with Crippen molar-refractivity contribution < 1.29 is 21.8 Å². The Hall–Kier alpha value is -0.733. The molecule has 4 fully saturated rings. The molecule has 4 aliphatic rings. The molecule has 0 N–H and O–H groups in total. The standard InChI is InChI=1S/C34H56O5SSi/c1-24-9-12-27(13-10-24)40(35,36)38-22-21-37-31-16-15-29-28-14-11-25-23-26(39-41(7,8)32(2,3)4)17-19-33(25,5)30(28)18-20-34(29,31)6/h9-10,12-13,25-26,28-31H,11,14-23H2,1-8H3/t25-,26-,28-,29-,30-,31-,33-,34-/m0/s1. The van der Waals surface area contributed by atoms with Gasteiger partial charge < -0.3 is 9.16 Å². The number of hydrogen-bond acceptors (Lipinski definition) is 5. The van der Waals surface area contributed by atoms with E-state index in [9.17, 15) is 8.42 Å². The van der Waals surface area contributed by atoms with E-state index in [4.69, 9.17) is 13.3 Å². The molecule has 41 heavy (non-hydrogen) atoms. The Labute approximate surface area is 251 Å². The summed E-state index contributed by atoms with van der Waals surface area (Å²) >= 11 is 0. The van der Waals surface area contributed by atoms with Gasteiger partial charge in [0.2, 0.25) is 0 Å². The molecule has 232 valence electrons. The Morgan fingerprint density at radius 2 is 1.54 bits per heavy atom. The van der Waals surface area contributed by atoms with Crippen molar-refractivity contribution in [2.24, 2.45) is 34.5 Å². The van der Waals surface area contributed by atoms with Crippen LogP contribution >= 0.6 is 0 Å². The van der Waals surface area contributed by atoms with Crippen LogP contribution in [0.25, 0.3) is 0 Å². The van der Waals surface area contributed by atoms with Crippen molar-refractivity contribution in [1.82, 2.24) is 0 Å². The van der Waals surface area contributed by atoms with Gasteiger partial charge in [-0.2, -0.15) is 8.42 Å². The highest BCUT2D eigenvalue weighted by atomic mass is 32.2. The van der Waals surface area contributed by atoms with Crippen molar-refractivity contribution >= 4 is 18.4 Å². The molecule has 0 aliphatic heterocycles. The molecular formula is C34H56O5SSi. The number of fused-ring (bicyclic) bond motifs is 5. The van der Waals surface area contributed by atoms with Crippen LogP contribution in [0.4, 0.5) is 0 Å². The Bertz CT molecular complexity index is 1170. The van der Waals surface area contributed by atoms with Crippen molar-refractivity contribution in [3.63, 3.8) is 0 Å². The van der Waals surface area contributed by atoms with Gasteiger partial charge in [0.15, 0.2) is 8.32 Å². The maximum absolute atomic E-state index is 12.6. The molecule has 5 nitrogen and oxygen atoms in total. The van der Waals surface area contributed by atoms with E-state index in [2.05, 4.69) is 47.7 Å². The molecule has 0 heterocycles. The zero-order chi connectivity index (χ0) is 29.8. The first-order valence-electron chi connectivity index (χ1n) is 16.3. The lowest BCUT2D eigenvalue weighted by atomic mass is 9.45. The molecule has 0 bridgehead atoms. The molecule has 0 aromatic heterocycles. The number of ether oxygens (including phenoxy) is 1. The Morgan fingerprint density at radius 1 is 0.878 bits per heavy atom. The van der Waals surface area contributed by atoms with E-state index < -0.39 is 18.4 Å². The zero-order valence-electron chi connectivity index (χ0n) is 27.0. The Balaban J connectivity index is 1.17. The first kappa shape index (κ1) is 31.7. The molecule has 0 unspecified atom stereocenters. The molecule has 4 saturated carbocycles. The lowest BCUT2D eigenvalue weighted by Crippen LogP contribution is -2.55. The molecule has 4 aliphatic carbocycles. The number of hydrogen-bond donors (Lipinski definition) is 0. The molecule has 0 amide bonds. The van der Waals surface area contributed by atoms with Crippen molar-refractivity contribution in [3.8, 4) is 0 Å². The summed E-state index contributed by atoms with van der Waals surface area (Å²) in [6, 6.07) is 6.81. The average Bonchev–Trinajstić information content (AvgIpc) is 3.22. The number of rotatable bonds is 8. The largest absolute Gasteiger partial charge is 0.414 e. The van der Waals surface area contributed by atoms with Crippen molar-refractivity contribution in [2.75, 3.05) is 13.2 Å². The topological polar surface area (TPSA) is 61.8 Å². The fourth-order valence-corrected chi connectivity index (χ4v) is 11.5. The highest BCUT2D eigenvalue weighted by Crippen LogP contribution is 2.66. The third-order valence-corrected chi connectivity index (χ3v) is 18.6. The minimum absolute atomic E-state index is 0.0668. The number of aryl methyl sites for hydroxylation is 1. The fraction of sp³-hybridized carbons (Fsp3) is 0.824. The van der Waals surface area contributed by atoms with Gasteiger partial charge in [-0.15, -0.1) is 0 Å². The second-order valence-corrected chi connectivity index (χ2v) is 22.4. The summed E-state index contributed by atoms with van der Waals surface area (Å²) in [6.45, 7) is 19.3. The van der Waals surface area contributed by atoms with E-state index in [0.29, 0.717) is 24.0 Å². The smallest absolute Gasteiger partial charge is 0.297 e. The zero-order valence-corrected chi connectivity index (χ0v) is 28.8. The lowest BCUT2D eigenvalue weighted by Gasteiger charge is -2.61. The first-order chi connectivity index (χ1) is 19.1. The monoisotopic (exact) mass is 604 g/mol. The van der Waals surface area contributed by atoms with Gasteiger partial charge in [-0.25, -0.2) is 0 Å². The minimum atomic E-state index is -3.75. The maximum Gasteiger partial charge on any atom is 0.297 e. The minimum Gasteiger partial charge on any atom is -0.414 e. The van der Waals surface area contributed by atoms with E-state index in [1.807, 2.05) is 6.92 Å². The molecule has 7 heteroatoms. The molecule has 0 radical (unpaired) electrons. The summed E-state index contributed by atoms with van der Waals surface area (Å²) in [6.07, 6.45) is 12.0. The third-order valence-electron chi connectivity index (χ3n) is 12.7. The van der Waals surface area contributed by atoms with Gasteiger partial charge >= 0.3 is 0 Å². The van der Waals surface area contributed by atoms with Gasteiger partial charge in [-0.05, 0) is 129 Å². The average molecular weight is 605 g/mol. The molecule has 5 rings (SSSR count). The van der Waals surface area contributed by atoms with Crippen molar-refractivity contribution in [3.05, 3.63) is 29.8 Å². The highest BCUT2D eigenvalue weighted by molar-refractivity contribution is 7.86. The van der Waals surface area contributed by atoms with Crippen molar-refractivity contribution in [2.45, 2.75) is 135 Å². The molecule has 0 saturated heterocycles. The highest BCUT2D eigenvalue weighted by Gasteiger charge is 2.60. The van der Waals surface area contributed by atoms with E-state index in [0.717, 1.165) is 29.7 Å². The van der Waals surface area contributed by atoms with Crippen LogP contribution in [0, 0.1) is 41.4 Å². The molecule has 1 aromatic rings. The summed E-state index contributed by atoms with van der Waals surface area (Å²) in [5, 5.41) is 0.266. The fourth-order valence-electron chi connectivity index (χ4n) is 9.25. The molecule has 0 spiro atoms. The lowest BCUT2D eigenvalue weighted by molar-refractivity contribution is -0.140. The quantitative estimate of drug-likeness (QED) is 0.169. The summed E-state index contributed by atoms with van der Waals surface area (Å²) in [4.78, 5) is 0.207. The van der Waals surface area contributed by atoms with Gasteiger partial charge in [-0.1, -0.05) is 52.3 Å². The molecular weight excluding hydrogens is 549 g/mol. The number of benzene rings is 1. The summed E-state index contributed by atoms with van der Waals surface area (Å²) < 4.78 is 43.9. The predicted octanol–water partition coefficient (Wildman–Crippen LogP) is 8.52. The van der Waals surface area contributed by atoms with Crippen LogP contribution in [0.3, 0.4) is 0 Å². The van der Waals surface area contributed by atoms with Crippen LogP contribution in [-0.4, -0.2) is 42.2 Å². The predicted molar refractivity (Wildman–Crippen MR) is 168 cm³/mol. The van der Waals surface area contributed by atoms with Gasteiger partial charge in [0.05, 0.1) is 24.2 Å². The van der Waals surface area contributed by atoms with Crippen LogP contribution < -0.4 is 0 Å². The van der Waals surface area contributed by atoms with Gasteiger partial charge in [0, 0.05) is 6.10 Å². The normalized spacial score (nSPS) is 37.8. The van der Waals surface area contributed by atoms with Crippen LogP contribution in [0.5, 0.6) is 0 Å². The van der Waals surface area contributed by atoms with E-state index in [1.165, 1.54) is 51.4 Å². The van der Waals surface area contributed by atoms with E-state index in [-0.39, 0.29) is 28.1 Å². The third kappa shape index (κ3) is 6.01. The van der Waals surface area contributed by atoms with Gasteiger partial charge in [0.25, 0.3) is 10.1 Å². The maximum atomic E-state index is 12.6. The van der Waals surface area contributed by atoms with Crippen LogP contribution in [0.1, 0.15) is 98.0 Å². The Morgan fingerprint density at radius 3 is 2.22 bits per heavy atom. The second kappa shape index (κ2) is 11.3. The summed E-state index contributed by atoms with van der Waals surface area (Å²) in [5.74, 6) is 3.11. The summed E-state index contributed by atoms with van der Waals surface area (Å²) in [7, 11) is -5.50. The molecule has 1 aromatic carbocycles. The van der Waals surface area contributed by atoms with Crippen molar-refractivity contribution in [1.29, 1.82) is 0 Å². The van der Waals surface area contributed by atoms with E-state index >= 15 is 0 Å². The Kier molecular flexibility index (Phi) is 8.75. The second-order valence-electron chi connectivity index (χ2n) is 16.0. The molecule has 8 atom stereocenters. The summed E-state index contributed by atoms with van der Waals surface area (Å²) in [5.41, 5.74) is 1.65. The van der Waals surface area contributed by atoms with Crippen LogP contribution in [0.15, 0.2) is 29.2 Å². The van der Waals surface area contributed by atoms with Gasteiger partial charge in [0.1, 0.15) is 0 Å². The van der Waals surface area contributed by atoms with Crippen LogP contribution in [0.2, 0.25) is 18.1 Å². The van der Waals surface area contributed by atoms with Gasteiger partial charge in [-0.3, -0.25) is 4.18 Å². The van der Waals surface area contributed by atoms with E-state index in [1.54, 1.807) is 24.3 Å². The van der Waals surface area contributed by atoms with Crippen LogP contribution in [-0.2, 0) is 23.5 Å². The first-order valence-corrected chi connectivity index (χ1v) is 20.6.